The van der Waals surface area contributed by atoms with Gasteiger partial charge in [-0.25, -0.2) is 19.6 Å². The first-order valence-corrected chi connectivity index (χ1v) is 8.54. The van der Waals surface area contributed by atoms with Gasteiger partial charge in [0.05, 0.1) is 19.3 Å². The Hall–Kier alpha value is -2.60. The largest absolute Gasteiger partial charge is 0.377 e. The van der Waals surface area contributed by atoms with Crippen LogP contribution < -0.4 is 0 Å². The van der Waals surface area contributed by atoms with Crippen LogP contribution in [0.5, 0.6) is 0 Å². The van der Waals surface area contributed by atoms with Gasteiger partial charge < -0.3 is 4.74 Å². The van der Waals surface area contributed by atoms with Crippen molar-refractivity contribution >= 4 is 0 Å². The molecule has 3 aromatic rings. The van der Waals surface area contributed by atoms with E-state index >= 15 is 0 Å². The van der Waals surface area contributed by atoms with Gasteiger partial charge in [0.2, 0.25) is 5.82 Å². The van der Waals surface area contributed by atoms with Crippen molar-refractivity contribution in [3.05, 3.63) is 60.2 Å². The van der Waals surface area contributed by atoms with Crippen molar-refractivity contribution in [2.75, 3.05) is 6.61 Å². The predicted molar refractivity (Wildman–Crippen MR) is 96.1 cm³/mol. The summed E-state index contributed by atoms with van der Waals surface area (Å²) in [5.74, 6) is 2.08. The second-order valence-corrected chi connectivity index (χ2v) is 6.14. The van der Waals surface area contributed by atoms with Gasteiger partial charge in [-0.3, -0.25) is 0 Å². The summed E-state index contributed by atoms with van der Waals surface area (Å²) >= 11 is 0. The number of ether oxygens (including phenoxy) is 1. The van der Waals surface area contributed by atoms with Crippen molar-refractivity contribution in [2.24, 2.45) is 0 Å². The van der Waals surface area contributed by atoms with Gasteiger partial charge in [-0.1, -0.05) is 37.3 Å². The van der Waals surface area contributed by atoms with Gasteiger partial charge in [0, 0.05) is 18.3 Å². The van der Waals surface area contributed by atoms with Crippen LogP contribution in [-0.2, 0) is 11.3 Å². The Kier molecular flexibility index (Phi) is 5.50. The zero-order valence-corrected chi connectivity index (χ0v) is 14.8. The van der Waals surface area contributed by atoms with Crippen LogP contribution in [0.15, 0.2) is 48.8 Å². The van der Waals surface area contributed by atoms with Crippen LogP contribution in [-0.4, -0.2) is 37.4 Å². The molecule has 0 spiro atoms. The molecule has 0 fully saturated rings. The Balaban J connectivity index is 1.92. The quantitative estimate of drug-likeness (QED) is 0.662. The van der Waals surface area contributed by atoms with E-state index in [2.05, 4.69) is 34.1 Å². The highest BCUT2D eigenvalue weighted by atomic mass is 16.5. The lowest BCUT2D eigenvalue weighted by Gasteiger charge is -2.14. The van der Waals surface area contributed by atoms with E-state index in [9.17, 15) is 0 Å². The van der Waals surface area contributed by atoms with Crippen LogP contribution in [0.4, 0.5) is 0 Å². The van der Waals surface area contributed by atoms with Crippen LogP contribution in [0.1, 0.15) is 38.1 Å². The average molecular weight is 337 g/mol. The van der Waals surface area contributed by atoms with Gasteiger partial charge in [-0.05, 0) is 25.5 Å². The highest BCUT2D eigenvalue weighted by Gasteiger charge is 2.19. The molecule has 1 atom stereocenters. The third-order valence-electron chi connectivity index (χ3n) is 3.91. The van der Waals surface area contributed by atoms with Crippen LogP contribution in [0.2, 0.25) is 0 Å². The Morgan fingerprint density at radius 3 is 2.36 bits per heavy atom. The first kappa shape index (κ1) is 17.2. The number of benzene rings is 1. The fourth-order valence-corrected chi connectivity index (χ4v) is 2.61. The molecule has 0 radical (unpaired) electrons. The molecule has 0 aliphatic heterocycles. The third-order valence-corrected chi connectivity index (χ3v) is 3.91. The van der Waals surface area contributed by atoms with Gasteiger partial charge in [-0.15, -0.1) is 5.10 Å². The molecule has 3 rings (SSSR count). The molecular weight excluding hydrogens is 314 g/mol. The van der Waals surface area contributed by atoms with E-state index in [0.29, 0.717) is 24.8 Å². The van der Waals surface area contributed by atoms with Crippen LogP contribution in [0, 0.1) is 0 Å². The predicted octanol–water partition coefficient (Wildman–Crippen LogP) is 3.31. The first-order valence-electron chi connectivity index (χ1n) is 8.54. The van der Waals surface area contributed by atoms with Crippen molar-refractivity contribution in [2.45, 2.75) is 39.3 Å². The molecule has 1 aromatic carbocycles. The molecule has 0 saturated heterocycles. The van der Waals surface area contributed by atoms with E-state index in [-0.39, 0.29) is 12.0 Å². The fourth-order valence-electron chi connectivity index (χ4n) is 2.61. The average Bonchev–Trinajstić information content (AvgIpc) is 3.06. The number of rotatable bonds is 7. The monoisotopic (exact) mass is 337 g/mol. The summed E-state index contributed by atoms with van der Waals surface area (Å²) in [5, 5.41) is 4.62. The highest BCUT2D eigenvalue weighted by Crippen LogP contribution is 2.24. The lowest BCUT2D eigenvalue weighted by molar-refractivity contribution is 0.0704. The minimum absolute atomic E-state index is 0.116. The molecular formula is C19H23N5O. The molecule has 0 bridgehead atoms. The lowest BCUT2D eigenvalue weighted by Crippen LogP contribution is -2.15. The summed E-state index contributed by atoms with van der Waals surface area (Å²) in [6, 6.07) is 12.1. The summed E-state index contributed by atoms with van der Waals surface area (Å²) < 4.78 is 7.59. The van der Waals surface area contributed by atoms with Crippen LogP contribution >= 0.6 is 0 Å². The molecule has 0 aliphatic rings. The lowest BCUT2D eigenvalue weighted by atomic mass is 10.0. The van der Waals surface area contributed by atoms with Crippen molar-refractivity contribution < 1.29 is 4.74 Å². The van der Waals surface area contributed by atoms with Crippen LogP contribution in [0.25, 0.3) is 11.6 Å². The SMILES string of the molecule is CC(C)OCCn1nc(-c2ncccn2)nc1C(C)c1ccccc1. The number of hydrogen-bond acceptors (Lipinski definition) is 5. The van der Waals surface area contributed by atoms with E-state index in [1.807, 2.05) is 36.7 Å². The van der Waals surface area contributed by atoms with Crippen molar-refractivity contribution in [3.63, 3.8) is 0 Å². The zero-order valence-electron chi connectivity index (χ0n) is 14.8. The standard InChI is InChI=1S/C19H23N5O/c1-14(2)25-13-12-24-19(15(3)16-8-5-4-6-9-16)22-18(23-24)17-20-10-7-11-21-17/h4-11,14-15H,12-13H2,1-3H3. The maximum absolute atomic E-state index is 5.68. The van der Waals surface area contributed by atoms with Gasteiger partial charge in [0.25, 0.3) is 0 Å². The van der Waals surface area contributed by atoms with Crippen molar-refractivity contribution in [3.8, 4) is 11.6 Å². The summed E-state index contributed by atoms with van der Waals surface area (Å²) in [6.07, 6.45) is 3.59. The number of hydrogen-bond donors (Lipinski definition) is 0. The smallest absolute Gasteiger partial charge is 0.219 e. The van der Waals surface area contributed by atoms with E-state index in [1.54, 1.807) is 18.5 Å². The first-order chi connectivity index (χ1) is 12.1. The van der Waals surface area contributed by atoms with Crippen molar-refractivity contribution in [1.29, 1.82) is 0 Å². The summed E-state index contributed by atoms with van der Waals surface area (Å²) in [6.45, 7) is 7.42. The molecule has 2 heterocycles. The minimum Gasteiger partial charge on any atom is -0.377 e. The Labute approximate surface area is 147 Å². The molecule has 1 unspecified atom stereocenters. The molecule has 130 valence electrons. The number of aromatic nitrogens is 5. The Morgan fingerprint density at radius 2 is 1.68 bits per heavy atom. The van der Waals surface area contributed by atoms with E-state index in [0.717, 1.165) is 5.82 Å². The fraction of sp³-hybridized carbons (Fsp3) is 0.368. The van der Waals surface area contributed by atoms with Gasteiger partial charge >= 0.3 is 0 Å². The maximum atomic E-state index is 5.68. The Bertz CT molecular complexity index is 786. The minimum atomic E-state index is 0.116. The Morgan fingerprint density at radius 1 is 0.960 bits per heavy atom. The molecule has 2 aromatic heterocycles. The van der Waals surface area contributed by atoms with Gasteiger partial charge in [0.1, 0.15) is 5.82 Å². The molecule has 0 aliphatic carbocycles. The summed E-state index contributed by atoms with van der Waals surface area (Å²) in [4.78, 5) is 13.3. The van der Waals surface area contributed by atoms with E-state index < -0.39 is 0 Å². The highest BCUT2D eigenvalue weighted by molar-refractivity contribution is 5.42. The second kappa shape index (κ2) is 7.98. The molecule has 0 amide bonds. The van der Waals surface area contributed by atoms with Gasteiger partial charge in [-0.2, -0.15) is 0 Å². The van der Waals surface area contributed by atoms with E-state index in [4.69, 9.17) is 9.72 Å². The topological polar surface area (TPSA) is 65.7 Å². The van der Waals surface area contributed by atoms with Crippen molar-refractivity contribution in [1.82, 2.24) is 24.7 Å². The second-order valence-electron chi connectivity index (χ2n) is 6.14. The molecule has 25 heavy (non-hydrogen) atoms. The molecule has 6 heteroatoms. The summed E-state index contributed by atoms with van der Waals surface area (Å²) in [7, 11) is 0. The van der Waals surface area contributed by atoms with Gasteiger partial charge in [0.15, 0.2) is 5.82 Å². The molecule has 0 saturated carbocycles. The van der Waals surface area contributed by atoms with Crippen LogP contribution in [0.3, 0.4) is 0 Å². The zero-order chi connectivity index (χ0) is 17.6. The normalized spacial score (nSPS) is 12.5. The molecule has 0 N–H and O–H groups in total. The third kappa shape index (κ3) is 4.28. The summed E-state index contributed by atoms with van der Waals surface area (Å²) in [5.41, 5.74) is 1.20. The number of nitrogens with zero attached hydrogens (tertiary/aromatic N) is 5. The molecule has 6 nitrogen and oxygen atoms in total. The van der Waals surface area contributed by atoms with E-state index in [1.165, 1.54) is 5.56 Å². The maximum Gasteiger partial charge on any atom is 0.219 e.